The van der Waals surface area contributed by atoms with Gasteiger partial charge in [-0.15, -0.1) is 0 Å². The van der Waals surface area contributed by atoms with Gasteiger partial charge < -0.3 is 9.84 Å². The molecule has 0 atom stereocenters. The normalized spacial score (nSPS) is 15.7. The number of likely N-dealkylation sites (tertiary alicyclic amines) is 1. The van der Waals surface area contributed by atoms with E-state index in [2.05, 4.69) is 38.6 Å². The lowest BCUT2D eigenvalue weighted by Gasteiger charge is -2.32. The van der Waals surface area contributed by atoms with E-state index in [-0.39, 0.29) is 0 Å². The van der Waals surface area contributed by atoms with Crippen LogP contribution in [-0.4, -0.2) is 40.2 Å². The first kappa shape index (κ1) is 18.6. The third-order valence-corrected chi connectivity index (χ3v) is 5.59. The van der Waals surface area contributed by atoms with Gasteiger partial charge in [0.05, 0.1) is 17.0 Å². The molecule has 0 radical (unpaired) electrons. The van der Waals surface area contributed by atoms with E-state index in [1.807, 2.05) is 39.2 Å². The topological polar surface area (TPSA) is 67.1 Å². The molecule has 1 N–H and O–H groups in total. The average Bonchev–Trinajstić information content (AvgIpc) is 3.07. The van der Waals surface area contributed by atoms with E-state index in [1.165, 1.54) is 11.3 Å². The van der Waals surface area contributed by atoms with E-state index in [0.717, 1.165) is 61.0 Å². The van der Waals surface area contributed by atoms with Crippen LogP contribution in [0.25, 0.3) is 11.3 Å². The van der Waals surface area contributed by atoms with E-state index >= 15 is 0 Å². The summed E-state index contributed by atoms with van der Waals surface area (Å²) < 4.78 is 5.32. The van der Waals surface area contributed by atoms with Crippen LogP contribution in [0.3, 0.4) is 0 Å². The Balaban J connectivity index is 1.44. The first-order valence-corrected chi connectivity index (χ1v) is 9.90. The van der Waals surface area contributed by atoms with Crippen LogP contribution >= 0.6 is 0 Å². The Morgan fingerprint density at radius 1 is 1.14 bits per heavy atom. The number of anilines is 1. The Labute approximate surface area is 166 Å². The van der Waals surface area contributed by atoms with Crippen LogP contribution in [-0.2, 0) is 6.54 Å². The van der Waals surface area contributed by atoms with Crippen molar-refractivity contribution in [3.63, 3.8) is 0 Å². The zero-order valence-corrected chi connectivity index (χ0v) is 16.8. The largest absolute Gasteiger partial charge is 0.373 e. The molecule has 0 unspecified atom stereocenters. The average molecular weight is 377 g/mol. The molecule has 1 saturated heterocycles. The molecule has 0 bridgehead atoms. The molecule has 6 heteroatoms. The number of nitrogens with one attached hydrogen (secondary N) is 1. The Morgan fingerprint density at radius 3 is 2.68 bits per heavy atom. The molecule has 146 valence electrons. The third kappa shape index (κ3) is 3.78. The summed E-state index contributed by atoms with van der Waals surface area (Å²) in [7, 11) is 1.93. The van der Waals surface area contributed by atoms with Crippen molar-refractivity contribution in [2.24, 2.45) is 0 Å². The van der Waals surface area contributed by atoms with Gasteiger partial charge in [-0.2, -0.15) is 0 Å². The van der Waals surface area contributed by atoms with Crippen LogP contribution < -0.4 is 5.32 Å². The van der Waals surface area contributed by atoms with Gasteiger partial charge in [0.2, 0.25) is 0 Å². The molecule has 0 aliphatic carbocycles. The van der Waals surface area contributed by atoms with Crippen molar-refractivity contribution in [1.29, 1.82) is 0 Å². The molecule has 1 aliphatic heterocycles. The van der Waals surface area contributed by atoms with E-state index in [1.54, 1.807) is 0 Å². The monoisotopic (exact) mass is 377 g/mol. The van der Waals surface area contributed by atoms with Gasteiger partial charge in [-0.25, -0.2) is 4.98 Å². The molecule has 0 saturated carbocycles. The van der Waals surface area contributed by atoms with Gasteiger partial charge in [-0.05, 0) is 58.0 Å². The summed E-state index contributed by atoms with van der Waals surface area (Å²) in [5.41, 5.74) is 5.31. The highest BCUT2D eigenvalue weighted by atomic mass is 16.5. The number of hydrogen-bond donors (Lipinski definition) is 1. The SMILES string of the molecule is CNc1ncccc1CN1CCC(c2cccc(-c3c(C)noc3C)n2)CC1. The smallest absolute Gasteiger partial charge is 0.143 e. The second-order valence-electron chi connectivity index (χ2n) is 7.46. The third-order valence-electron chi connectivity index (χ3n) is 5.59. The molecule has 1 fully saturated rings. The highest BCUT2D eigenvalue weighted by Gasteiger charge is 2.23. The van der Waals surface area contributed by atoms with Crippen molar-refractivity contribution in [2.75, 3.05) is 25.5 Å². The fourth-order valence-electron chi connectivity index (χ4n) is 4.09. The number of rotatable bonds is 5. The van der Waals surface area contributed by atoms with Gasteiger partial charge in [-0.1, -0.05) is 17.3 Å². The maximum absolute atomic E-state index is 5.32. The Bertz CT molecular complexity index is 924. The number of pyridine rings is 2. The van der Waals surface area contributed by atoms with Crippen molar-refractivity contribution in [1.82, 2.24) is 20.0 Å². The van der Waals surface area contributed by atoms with Crippen LogP contribution in [0.15, 0.2) is 41.1 Å². The van der Waals surface area contributed by atoms with Gasteiger partial charge in [0.25, 0.3) is 0 Å². The molecular formula is C22H27N5O. The molecule has 28 heavy (non-hydrogen) atoms. The quantitative estimate of drug-likeness (QED) is 0.720. The summed E-state index contributed by atoms with van der Waals surface area (Å²) in [6.07, 6.45) is 4.07. The lowest BCUT2D eigenvalue weighted by molar-refractivity contribution is 0.203. The fraction of sp³-hybridized carbons (Fsp3) is 0.409. The fourth-order valence-corrected chi connectivity index (χ4v) is 4.09. The Morgan fingerprint density at radius 2 is 1.96 bits per heavy atom. The van der Waals surface area contributed by atoms with Crippen LogP contribution in [0.2, 0.25) is 0 Å². The summed E-state index contributed by atoms with van der Waals surface area (Å²) in [5, 5.41) is 7.25. The molecule has 4 heterocycles. The number of aromatic nitrogens is 3. The summed E-state index contributed by atoms with van der Waals surface area (Å²) in [5.74, 6) is 2.29. The van der Waals surface area contributed by atoms with Gasteiger partial charge in [0.15, 0.2) is 0 Å². The minimum atomic E-state index is 0.495. The van der Waals surface area contributed by atoms with Crippen molar-refractivity contribution >= 4 is 5.82 Å². The molecule has 3 aromatic rings. The van der Waals surface area contributed by atoms with Gasteiger partial charge >= 0.3 is 0 Å². The van der Waals surface area contributed by atoms with E-state index in [4.69, 9.17) is 9.51 Å². The number of piperidine rings is 1. The van der Waals surface area contributed by atoms with Crippen LogP contribution in [0.4, 0.5) is 5.82 Å². The highest BCUT2D eigenvalue weighted by molar-refractivity contribution is 5.63. The second kappa shape index (κ2) is 8.10. The molecule has 6 nitrogen and oxygen atoms in total. The number of hydrogen-bond acceptors (Lipinski definition) is 6. The molecule has 1 aliphatic rings. The minimum Gasteiger partial charge on any atom is -0.373 e. The molecular weight excluding hydrogens is 350 g/mol. The van der Waals surface area contributed by atoms with E-state index < -0.39 is 0 Å². The zero-order chi connectivity index (χ0) is 19.5. The predicted octanol–water partition coefficient (Wildman–Crippen LogP) is 4.17. The maximum Gasteiger partial charge on any atom is 0.143 e. The van der Waals surface area contributed by atoms with Gasteiger partial charge in [0, 0.05) is 37.0 Å². The molecule has 0 amide bonds. The first-order chi connectivity index (χ1) is 13.7. The van der Waals surface area contributed by atoms with E-state index in [0.29, 0.717) is 5.92 Å². The number of aryl methyl sites for hydroxylation is 2. The number of nitrogens with zero attached hydrogens (tertiary/aromatic N) is 4. The van der Waals surface area contributed by atoms with Crippen LogP contribution in [0.5, 0.6) is 0 Å². The van der Waals surface area contributed by atoms with Crippen molar-refractivity contribution < 1.29 is 4.52 Å². The summed E-state index contributed by atoms with van der Waals surface area (Å²) in [6.45, 7) is 6.99. The van der Waals surface area contributed by atoms with Gasteiger partial charge in [-0.3, -0.25) is 9.88 Å². The molecule has 0 aromatic carbocycles. The highest BCUT2D eigenvalue weighted by Crippen LogP contribution is 2.31. The predicted molar refractivity (Wildman–Crippen MR) is 110 cm³/mol. The lowest BCUT2D eigenvalue weighted by Crippen LogP contribution is -2.33. The minimum absolute atomic E-state index is 0.495. The Kier molecular flexibility index (Phi) is 5.39. The summed E-state index contributed by atoms with van der Waals surface area (Å²) in [4.78, 5) is 11.9. The standard InChI is InChI=1S/C22H27N5O/c1-15-21(16(2)28-26-15)20-8-4-7-19(25-20)17-9-12-27(13-10-17)14-18-6-5-11-24-22(18)23-3/h4-8,11,17H,9-10,12-14H2,1-3H3,(H,23,24). The van der Waals surface area contributed by atoms with Gasteiger partial charge in [0.1, 0.15) is 11.6 Å². The summed E-state index contributed by atoms with van der Waals surface area (Å²) in [6, 6.07) is 10.5. The molecule has 4 rings (SSSR count). The van der Waals surface area contributed by atoms with Crippen LogP contribution in [0.1, 0.15) is 41.5 Å². The van der Waals surface area contributed by atoms with E-state index in [9.17, 15) is 0 Å². The Hall–Kier alpha value is -2.73. The lowest BCUT2D eigenvalue weighted by atomic mass is 9.92. The zero-order valence-electron chi connectivity index (χ0n) is 16.8. The van der Waals surface area contributed by atoms with Crippen molar-refractivity contribution in [3.05, 3.63) is 59.2 Å². The summed E-state index contributed by atoms with van der Waals surface area (Å²) >= 11 is 0. The maximum atomic E-state index is 5.32. The van der Waals surface area contributed by atoms with Crippen molar-refractivity contribution in [2.45, 2.75) is 39.2 Å². The van der Waals surface area contributed by atoms with Crippen LogP contribution in [0, 0.1) is 13.8 Å². The molecule has 3 aromatic heterocycles. The second-order valence-corrected chi connectivity index (χ2v) is 7.46. The molecule has 0 spiro atoms. The van der Waals surface area contributed by atoms with Crippen molar-refractivity contribution in [3.8, 4) is 11.3 Å². The first-order valence-electron chi connectivity index (χ1n) is 9.90.